The van der Waals surface area contributed by atoms with Gasteiger partial charge < -0.3 is 20.3 Å². The van der Waals surface area contributed by atoms with E-state index in [-0.39, 0.29) is 11.3 Å². The van der Waals surface area contributed by atoms with Crippen LogP contribution in [0.5, 0.6) is 0 Å². The van der Waals surface area contributed by atoms with Crippen LogP contribution in [0.1, 0.15) is 53.6 Å². The number of ether oxygens (including phenoxy) is 1. The molecule has 33 heavy (non-hydrogen) atoms. The minimum absolute atomic E-state index is 0.00385. The van der Waals surface area contributed by atoms with Crippen molar-refractivity contribution in [1.82, 2.24) is 5.32 Å². The Morgan fingerprint density at radius 1 is 1.09 bits per heavy atom. The Labute approximate surface area is 196 Å². The standard InChI is InChI=1S/C25H24ClNO6/c1-14-11-18(15-5-7-16(8-6-15)23(31)27-13-20(28)29)19(26)12-17(14)21-22(30)25(33-24(21)32)9-3-2-4-10-25/h5-8,11-12,30H,2-4,9-10,13H2,1H3,(H,27,31)(H,28,29). The first-order valence-electron chi connectivity index (χ1n) is 10.8. The molecule has 0 unspecified atom stereocenters. The minimum Gasteiger partial charge on any atom is -0.507 e. The third-order valence-corrected chi connectivity index (χ3v) is 6.58. The number of carbonyl (C=O) groups excluding carboxylic acids is 2. The molecule has 2 aliphatic rings. The van der Waals surface area contributed by atoms with Crippen LogP contribution in [0.3, 0.4) is 0 Å². The number of carboxylic acid groups (broad SMARTS) is 1. The maximum Gasteiger partial charge on any atom is 0.343 e. The highest BCUT2D eigenvalue weighted by molar-refractivity contribution is 6.34. The lowest BCUT2D eigenvalue weighted by Gasteiger charge is -2.31. The van der Waals surface area contributed by atoms with Crippen molar-refractivity contribution in [2.45, 2.75) is 44.6 Å². The maximum absolute atomic E-state index is 12.7. The van der Waals surface area contributed by atoms with Gasteiger partial charge in [-0.05, 0) is 73.6 Å². The monoisotopic (exact) mass is 469 g/mol. The summed E-state index contributed by atoms with van der Waals surface area (Å²) in [6.45, 7) is 1.38. The Morgan fingerprint density at radius 2 is 1.76 bits per heavy atom. The average molecular weight is 470 g/mol. The summed E-state index contributed by atoms with van der Waals surface area (Å²) in [6, 6.07) is 10.1. The van der Waals surface area contributed by atoms with Crippen LogP contribution in [-0.2, 0) is 14.3 Å². The molecule has 1 spiro atoms. The molecule has 2 aromatic carbocycles. The van der Waals surface area contributed by atoms with Crippen molar-refractivity contribution < 1.29 is 29.3 Å². The molecule has 7 nitrogen and oxygen atoms in total. The SMILES string of the molecule is Cc1cc(-c2ccc(C(=O)NCC(=O)O)cc2)c(Cl)cc1C1=C(O)C2(CCCCC2)OC1=O. The number of aliphatic hydroxyl groups is 1. The van der Waals surface area contributed by atoms with Crippen LogP contribution < -0.4 is 5.32 Å². The number of hydrogen-bond acceptors (Lipinski definition) is 5. The van der Waals surface area contributed by atoms with Gasteiger partial charge in [-0.1, -0.05) is 30.2 Å². The second-order valence-corrected chi connectivity index (χ2v) is 8.88. The number of aliphatic carboxylic acids is 1. The Kier molecular flexibility index (Phi) is 6.17. The summed E-state index contributed by atoms with van der Waals surface area (Å²) in [5.41, 5.74) is 2.33. The first-order valence-corrected chi connectivity index (χ1v) is 11.2. The van der Waals surface area contributed by atoms with Gasteiger partial charge in [0.05, 0.1) is 0 Å². The molecule has 0 bridgehead atoms. The van der Waals surface area contributed by atoms with Crippen LogP contribution >= 0.6 is 11.6 Å². The number of carboxylic acids is 1. The molecule has 1 heterocycles. The zero-order valence-electron chi connectivity index (χ0n) is 18.1. The smallest absolute Gasteiger partial charge is 0.343 e. The van der Waals surface area contributed by atoms with Gasteiger partial charge in [-0.15, -0.1) is 0 Å². The Hall–Kier alpha value is -3.32. The molecule has 0 saturated heterocycles. The topological polar surface area (TPSA) is 113 Å². The first kappa shape index (κ1) is 22.9. The molecule has 1 amide bonds. The van der Waals surface area contributed by atoms with Gasteiger partial charge in [0, 0.05) is 16.1 Å². The van der Waals surface area contributed by atoms with Gasteiger partial charge in [-0.2, -0.15) is 0 Å². The second kappa shape index (κ2) is 8.90. The van der Waals surface area contributed by atoms with Gasteiger partial charge >= 0.3 is 11.9 Å². The number of halogens is 1. The molecule has 3 N–H and O–H groups in total. The van der Waals surface area contributed by atoms with Gasteiger partial charge in [0.1, 0.15) is 12.1 Å². The van der Waals surface area contributed by atoms with E-state index in [1.54, 1.807) is 30.3 Å². The highest BCUT2D eigenvalue weighted by Gasteiger charge is 2.49. The third kappa shape index (κ3) is 4.33. The fourth-order valence-corrected chi connectivity index (χ4v) is 4.80. The first-order chi connectivity index (χ1) is 15.7. The molecular weight excluding hydrogens is 446 g/mol. The molecule has 0 radical (unpaired) electrons. The fraction of sp³-hybridized carbons (Fsp3) is 0.320. The summed E-state index contributed by atoms with van der Waals surface area (Å²) in [4.78, 5) is 35.4. The van der Waals surface area contributed by atoms with Crippen molar-refractivity contribution in [3.05, 3.63) is 63.9 Å². The zero-order chi connectivity index (χ0) is 23.8. The molecular formula is C25H24ClNO6. The lowest BCUT2D eigenvalue weighted by Crippen LogP contribution is -2.34. The van der Waals surface area contributed by atoms with Crippen molar-refractivity contribution in [2.24, 2.45) is 0 Å². The fourth-order valence-electron chi connectivity index (χ4n) is 4.53. The molecule has 1 aliphatic heterocycles. The number of amides is 1. The molecule has 0 atom stereocenters. The van der Waals surface area contributed by atoms with E-state index in [4.69, 9.17) is 21.4 Å². The van der Waals surface area contributed by atoms with Crippen LogP contribution in [0.2, 0.25) is 5.02 Å². The minimum atomic E-state index is -1.12. The number of nitrogens with one attached hydrogen (secondary N) is 1. The Bertz CT molecular complexity index is 1160. The summed E-state index contributed by atoms with van der Waals surface area (Å²) in [6.07, 6.45) is 4.08. The highest BCUT2D eigenvalue weighted by Crippen LogP contribution is 2.46. The van der Waals surface area contributed by atoms with Crippen molar-refractivity contribution >= 4 is 35.0 Å². The van der Waals surface area contributed by atoms with Crippen LogP contribution in [0.15, 0.2) is 42.2 Å². The van der Waals surface area contributed by atoms with Crippen molar-refractivity contribution in [1.29, 1.82) is 0 Å². The molecule has 4 rings (SSSR count). The zero-order valence-corrected chi connectivity index (χ0v) is 18.9. The number of rotatable bonds is 5. The number of aliphatic hydroxyl groups excluding tert-OH is 1. The lowest BCUT2D eigenvalue weighted by atomic mass is 9.82. The van der Waals surface area contributed by atoms with Gasteiger partial charge in [-0.3, -0.25) is 9.59 Å². The molecule has 172 valence electrons. The molecule has 1 aliphatic carbocycles. The number of esters is 1. The summed E-state index contributed by atoms with van der Waals surface area (Å²) < 4.78 is 5.67. The molecule has 2 aromatic rings. The van der Waals surface area contributed by atoms with Crippen LogP contribution in [0, 0.1) is 6.92 Å². The maximum atomic E-state index is 12.7. The molecule has 0 aromatic heterocycles. The van der Waals surface area contributed by atoms with E-state index in [1.165, 1.54) is 0 Å². The predicted octanol–water partition coefficient (Wildman–Crippen LogP) is 4.66. The van der Waals surface area contributed by atoms with Gasteiger partial charge in [0.25, 0.3) is 5.91 Å². The largest absolute Gasteiger partial charge is 0.507 e. The van der Waals surface area contributed by atoms with Crippen molar-refractivity contribution in [2.75, 3.05) is 6.54 Å². The number of benzene rings is 2. The van der Waals surface area contributed by atoms with Crippen LogP contribution in [0.25, 0.3) is 16.7 Å². The summed E-state index contributed by atoms with van der Waals surface area (Å²) in [7, 11) is 0. The summed E-state index contributed by atoms with van der Waals surface area (Å²) in [5, 5.41) is 22.4. The van der Waals surface area contributed by atoms with E-state index in [0.29, 0.717) is 34.6 Å². The van der Waals surface area contributed by atoms with Gasteiger partial charge in [0.15, 0.2) is 11.4 Å². The molecule has 1 fully saturated rings. The van der Waals surface area contributed by atoms with E-state index >= 15 is 0 Å². The number of hydrogen-bond donors (Lipinski definition) is 3. The van der Waals surface area contributed by atoms with E-state index in [9.17, 15) is 19.5 Å². The quantitative estimate of drug-likeness (QED) is 0.549. The normalized spacial score (nSPS) is 17.2. The molecule has 1 saturated carbocycles. The van der Waals surface area contributed by atoms with E-state index < -0.39 is 30.0 Å². The number of aryl methyl sites for hydroxylation is 1. The van der Waals surface area contributed by atoms with E-state index in [2.05, 4.69) is 5.32 Å². The van der Waals surface area contributed by atoms with Crippen LogP contribution in [0.4, 0.5) is 0 Å². The Balaban J connectivity index is 1.64. The third-order valence-electron chi connectivity index (χ3n) is 6.26. The van der Waals surface area contributed by atoms with E-state index in [0.717, 1.165) is 30.4 Å². The van der Waals surface area contributed by atoms with Gasteiger partial charge in [-0.25, -0.2) is 4.79 Å². The van der Waals surface area contributed by atoms with Crippen molar-refractivity contribution in [3.8, 4) is 11.1 Å². The van der Waals surface area contributed by atoms with Crippen LogP contribution in [-0.4, -0.2) is 40.2 Å². The molecule has 8 heteroatoms. The van der Waals surface area contributed by atoms with Gasteiger partial charge in [0.2, 0.25) is 0 Å². The van der Waals surface area contributed by atoms with E-state index in [1.807, 2.05) is 13.0 Å². The highest BCUT2D eigenvalue weighted by atomic mass is 35.5. The second-order valence-electron chi connectivity index (χ2n) is 8.47. The Morgan fingerprint density at radius 3 is 2.39 bits per heavy atom. The number of carbonyl (C=O) groups is 3. The summed E-state index contributed by atoms with van der Waals surface area (Å²) in [5.74, 6) is -2.14. The average Bonchev–Trinajstić information content (AvgIpc) is 3.02. The summed E-state index contributed by atoms with van der Waals surface area (Å²) >= 11 is 6.57. The van der Waals surface area contributed by atoms with Crippen molar-refractivity contribution in [3.63, 3.8) is 0 Å². The lowest BCUT2D eigenvalue weighted by molar-refractivity contribution is -0.149. The predicted molar refractivity (Wildman–Crippen MR) is 123 cm³/mol.